The molecule has 2 heteroatoms. The van der Waals surface area contributed by atoms with Crippen LogP contribution in [0.3, 0.4) is 0 Å². The Bertz CT molecular complexity index is 397. The van der Waals surface area contributed by atoms with Gasteiger partial charge in [-0.2, -0.15) is 0 Å². The van der Waals surface area contributed by atoms with Crippen molar-refractivity contribution in [1.29, 1.82) is 0 Å². The van der Waals surface area contributed by atoms with Crippen LogP contribution in [0.15, 0.2) is 43.0 Å². The van der Waals surface area contributed by atoms with Crippen molar-refractivity contribution in [2.75, 3.05) is 0 Å². The molecule has 0 unspecified atom stereocenters. The van der Waals surface area contributed by atoms with Crippen LogP contribution in [0.4, 0.5) is 0 Å². The molecule has 1 aromatic rings. The molecule has 104 valence electrons. The molecular weight excluding hydrogens is 236 g/mol. The maximum Gasteiger partial charge on any atom is 0.163 e. The molecule has 1 aromatic carbocycles. The van der Waals surface area contributed by atoms with Crippen molar-refractivity contribution in [2.45, 2.75) is 57.5 Å². The fourth-order valence-corrected chi connectivity index (χ4v) is 2.65. The van der Waals surface area contributed by atoms with Gasteiger partial charge in [0.2, 0.25) is 0 Å². The van der Waals surface area contributed by atoms with Crippen LogP contribution in [0.1, 0.15) is 38.7 Å². The lowest BCUT2D eigenvalue weighted by atomic mass is 10.0. The highest BCUT2D eigenvalue weighted by Crippen LogP contribution is 2.29. The molecule has 1 heterocycles. The summed E-state index contributed by atoms with van der Waals surface area (Å²) in [6.07, 6.45) is 6.53. The predicted molar refractivity (Wildman–Crippen MR) is 78.0 cm³/mol. The lowest BCUT2D eigenvalue weighted by molar-refractivity contribution is -0.291. The summed E-state index contributed by atoms with van der Waals surface area (Å²) >= 11 is 0. The quantitative estimate of drug-likeness (QED) is 0.742. The molecule has 0 saturated carbocycles. The van der Waals surface area contributed by atoms with E-state index in [-0.39, 0.29) is 12.2 Å². The average molecular weight is 260 g/mol. The monoisotopic (exact) mass is 260 g/mol. The van der Waals surface area contributed by atoms with E-state index in [1.165, 1.54) is 5.56 Å². The van der Waals surface area contributed by atoms with Crippen molar-refractivity contribution in [3.63, 3.8) is 0 Å². The number of hydrogen-bond acceptors (Lipinski definition) is 2. The number of hydrogen-bond donors (Lipinski definition) is 0. The zero-order valence-corrected chi connectivity index (χ0v) is 12.0. The molecule has 0 amide bonds. The van der Waals surface area contributed by atoms with Crippen molar-refractivity contribution in [1.82, 2.24) is 0 Å². The van der Waals surface area contributed by atoms with Gasteiger partial charge in [-0.25, -0.2) is 0 Å². The molecule has 1 aliphatic heterocycles. The Morgan fingerprint density at radius 3 is 2.68 bits per heavy atom. The first-order valence-electron chi connectivity index (χ1n) is 7.11. The predicted octanol–water partition coefficient (Wildman–Crippen LogP) is 4.11. The minimum absolute atomic E-state index is 0.116. The largest absolute Gasteiger partial charge is 0.347 e. The van der Waals surface area contributed by atoms with Crippen molar-refractivity contribution in [2.24, 2.45) is 0 Å². The molecule has 19 heavy (non-hydrogen) atoms. The Balaban J connectivity index is 1.80. The smallest absolute Gasteiger partial charge is 0.163 e. The summed E-state index contributed by atoms with van der Waals surface area (Å²) < 4.78 is 11.8. The Kier molecular flexibility index (Phi) is 4.78. The van der Waals surface area contributed by atoms with Crippen LogP contribution in [-0.4, -0.2) is 18.0 Å². The van der Waals surface area contributed by atoms with Crippen LogP contribution >= 0.6 is 0 Å². The minimum Gasteiger partial charge on any atom is -0.347 e. The summed E-state index contributed by atoms with van der Waals surface area (Å²) in [7, 11) is 0. The van der Waals surface area contributed by atoms with Crippen LogP contribution in [0.25, 0.3) is 0 Å². The molecule has 0 N–H and O–H groups in total. The summed E-state index contributed by atoms with van der Waals surface area (Å²) in [6.45, 7) is 7.79. The molecule has 1 aliphatic rings. The first-order chi connectivity index (χ1) is 9.09. The van der Waals surface area contributed by atoms with Crippen LogP contribution in [0.5, 0.6) is 0 Å². The van der Waals surface area contributed by atoms with Gasteiger partial charge in [-0.15, -0.1) is 6.58 Å². The third-order valence-corrected chi connectivity index (χ3v) is 3.48. The molecule has 2 atom stereocenters. The van der Waals surface area contributed by atoms with Crippen LogP contribution in [0, 0.1) is 0 Å². The topological polar surface area (TPSA) is 18.5 Å². The number of ether oxygens (including phenoxy) is 2. The molecule has 0 aromatic heterocycles. The Labute approximate surface area is 116 Å². The van der Waals surface area contributed by atoms with Crippen molar-refractivity contribution >= 4 is 0 Å². The average Bonchev–Trinajstić information content (AvgIpc) is 2.38. The highest BCUT2D eigenvalue weighted by atomic mass is 16.7. The van der Waals surface area contributed by atoms with Gasteiger partial charge in [0.15, 0.2) is 5.79 Å². The van der Waals surface area contributed by atoms with Gasteiger partial charge >= 0.3 is 0 Å². The van der Waals surface area contributed by atoms with E-state index in [1.807, 2.05) is 19.9 Å². The van der Waals surface area contributed by atoms with Gasteiger partial charge in [-0.05, 0) is 38.7 Å². The van der Waals surface area contributed by atoms with E-state index in [2.05, 4.69) is 36.9 Å². The molecule has 1 saturated heterocycles. The van der Waals surface area contributed by atoms with E-state index in [0.29, 0.717) is 0 Å². The van der Waals surface area contributed by atoms with Crippen LogP contribution in [0.2, 0.25) is 0 Å². The molecule has 0 radical (unpaired) electrons. The van der Waals surface area contributed by atoms with Crippen molar-refractivity contribution in [3.8, 4) is 0 Å². The van der Waals surface area contributed by atoms with Crippen molar-refractivity contribution in [3.05, 3.63) is 48.6 Å². The van der Waals surface area contributed by atoms with Crippen LogP contribution < -0.4 is 0 Å². The summed E-state index contributed by atoms with van der Waals surface area (Å²) in [6, 6.07) is 10.6. The summed E-state index contributed by atoms with van der Waals surface area (Å²) in [5.74, 6) is -0.492. The maximum atomic E-state index is 5.97. The zero-order valence-electron chi connectivity index (χ0n) is 12.0. The lowest BCUT2D eigenvalue weighted by Crippen LogP contribution is -2.43. The van der Waals surface area contributed by atoms with Crippen LogP contribution in [-0.2, 0) is 15.9 Å². The van der Waals surface area contributed by atoms with Gasteiger partial charge in [0.25, 0.3) is 0 Å². The van der Waals surface area contributed by atoms with E-state index in [0.717, 1.165) is 25.7 Å². The zero-order chi connectivity index (χ0) is 13.7. The Morgan fingerprint density at radius 1 is 1.26 bits per heavy atom. The Morgan fingerprint density at radius 2 is 2.00 bits per heavy atom. The Hall–Kier alpha value is -1.12. The normalized spacial score (nSPS) is 26.0. The highest BCUT2D eigenvalue weighted by Gasteiger charge is 2.33. The van der Waals surface area contributed by atoms with Gasteiger partial charge < -0.3 is 9.47 Å². The van der Waals surface area contributed by atoms with Gasteiger partial charge in [0, 0.05) is 6.42 Å². The standard InChI is InChI=1S/C17H24O2/c1-4-15-13-16(19-17(2,3)18-15)12-8-11-14-9-6-5-7-10-14/h4-7,9-10,15-16H,1,8,11-13H2,2-3H3/t15-,16+/m0/s1. The highest BCUT2D eigenvalue weighted by molar-refractivity contribution is 5.14. The van der Waals surface area contributed by atoms with E-state index >= 15 is 0 Å². The number of aryl methyl sites for hydroxylation is 1. The third kappa shape index (κ3) is 4.48. The van der Waals surface area contributed by atoms with Gasteiger partial charge in [0.1, 0.15) is 0 Å². The van der Waals surface area contributed by atoms with E-state index < -0.39 is 5.79 Å². The van der Waals surface area contributed by atoms with Gasteiger partial charge in [-0.3, -0.25) is 0 Å². The molecule has 0 spiro atoms. The minimum atomic E-state index is -0.492. The number of rotatable bonds is 5. The summed E-state index contributed by atoms with van der Waals surface area (Å²) in [4.78, 5) is 0. The van der Waals surface area contributed by atoms with E-state index in [4.69, 9.17) is 9.47 Å². The SMILES string of the molecule is C=C[C@H]1C[C@@H](CCCc2ccccc2)OC(C)(C)O1. The first kappa shape index (κ1) is 14.3. The van der Waals surface area contributed by atoms with Gasteiger partial charge in [0.05, 0.1) is 12.2 Å². The molecule has 0 bridgehead atoms. The molecule has 2 nitrogen and oxygen atoms in total. The summed E-state index contributed by atoms with van der Waals surface area (Å²) in [5.41, 5.74) is 1.40. The van der Waals surface area contributed by atoms with Gasteiger partial charge in [-0.1, -0.05) is 36.4 Å². The lowest BCUT2D eigenvalue weighted by Gasteiger charge is -2.40. The molecule has 2 rings (SSSR count). The molecule has 0 aliphatic carbocycles. The van der Waals surface area contributed by atoms with E-state index in [9.17, 15) is 0 Å². The fraction of sp³-hybridized carbons (Fsp3) is 0.529. The number of benzene rings is 1. The molecular formula is C17H24O2. The van der Waals surface area contributed by atoms with Crippen molar-refractivity contribution < 1.29 is 9.47 Å². The van der Waals surface area contributed by atoms with E-state index in [1.54, 1.807) is 0 Å². The molecule has 1 fully saturated rings. The second kappa shape index (κ2) is 6.36. The third-order valence-electron chi connectivity index (χ3n) is 3.48. The summed E-state index contributed by atoms with van der Waals surface area (Å²) in [5, 5.41) is 0. The first-order valence-corrected chi connectivity index (χ1v) is 7.11. The maximum absolute atomic E-state index is 5.97. The fourth-order valence-electron chi connectivity index (χ4n) is 2.65. The second-order valence-electron chi connectivity index (χ2n) is 5.65. The second-order valence-corrected chi connectivity index (χ2v) is 5.65.